The maximum absolute atomic E-state index is 14.1. The Morgan fingerprint density at radius 2 is 1.97 bits per heavy atom. The van der Waals surface area contributed by atoms with Crippen LogP contribution in [0, 0.1) is 5.82 Å². The Labute approximate surface area is 182 Å². The number of fused-ring (bicyclic) bond motifs is 1. The highest BCUT2D eigenvalue weighted by atomic mass is 32.2. The first-order valence-corrected chi connectivity index (χ1v) is 10.4. The second-order valence-electron chi connectivity index (χ2n) is 7.08. The van der Waals surface area contributed by atoms with Crippen LogP contribution in [-0.2, 0) is 20.9 Å². The van der Waals surface area contributed by atoms with Gasteiger partial charge in [-0.1, -0.05) is 54.2 Å². The summed E-state index contributed by atoms with van der Waals surface area (Å²) in [6.07, 6.45) is -0.247. The average molecular weight is 438 g/mol. The lowest BCUT2D eigenvalue weighted by Gasteiger charge is -2.36. The molecule has 31 heavy (non-hydrogen) atoms. The molecule has 2 aliphatic heterocycles. The van der Waals surface area contributed by atoms with Crippen molar-refractivity contribution < 1.29 is 23.8 Å². The molecule has 0 saturated carbocycles. The van der Waals surface area contributed by atoms with Crippen molar-refractivity contribution in [1.29, 1.82) is 0 Å². The van der Waals surface area contributed by atoms with E-state index in [9.17, 15) is 19.1 Å². The molecule has 2 aliphatic rings. The van der Waals surface area contributed by atoms with E-state index in [1.165, 1.54) is 23.9 Å². The molecule has 0 fully saturated rings. The molecular weight excluding hydrogens is 419 g/mol. The number of amidine groups is 1. The third-order valence-corrected chi connectivity index (χ3v) is 5.82. The van der Waals surface area contributed by atoms with E-state index >= 15 is 0 Å². The first-order chi connectivity index (χ1) is 14.9. The van der Waals surface area contributed by atoms with Crippen LogP contribution in [0.4, 0.5) is 4.39 Å². The van der Waals surface area contributed by atoms with E-state index in [1.54, 1.807) is 29.4 Å². The maximum Gasteiger partial charge on any atom is 0.338 e. The van der Waals surface area contributed by atoms with Crippen molar-refractivity contribution in [3.05, 3.63) is 93.9 Å². The van der Waals surface area contributed by atoms with Crippen LogP contribution in [0.1, 0.15) is 30.5 Å². The number of carbonyl (C=O) groups is 2. The number of hydrogen-bond acceptors (Lipinski definition) is 6. The van der Waals surface area contributed by atoms with E-state index in [1.807, 2.05) is 30.3 Å². The van der Waals surface area contributed by atoms with Crippen molar-refractivity contribution in [2.45, 2.75) is 26.0 Å². The molecule has 6 nitrogen and oxygen atoms in total. The van der Waals surface area contributed by atoms with Crippen molar-refractivity contribution in [2.75, 3.05) is 0 Å². The number of carbonyl (C=O) groups excluding carboxylic acids is 1. The van der Waals surface area contributed by atoms with Crippen LogP contribution in [0.3, 0.4) is 0 Å². The molecule has 0 radical (unpaired) electrons. The zero-order chi connectivity index (χ0) is 22.0. The summed E-state index contributed by atoms with van der Waals surface area (Å²) in [5.74, 6) is -2.04. The summed E-state index contributed by atoms with van der Waals surface area (Å²) in [5.41, 5.74) is 2.53. The molecular formula is C23H19FN2O4S. The summed E-state index contributed by atoms with van der Waals surface area (Å²) < 4.78 is 19.6. The van der Waals surface area contributed by atoms with Gasteiger partial charge in [-0.25, -0.2) is 14.2 Å². The Morgan fingerprint density at radius 3 is 2.68 bits per heavy atom. The average Bonchev–Trinajstić information content (AvgIpc) is 3.13. The lowest BCUT2D eigenvalue weighted by Crippen LogP contribution is -2.37. The number of carboxylic acids is 1. The molecule has 1 N–H and O–H groups in total. The number of allylic oxidation sites excluding steroid dienone is 1. The van der Waals surface area contributed by atoms with Gasteiger partial charge in [0.05, 0.1) is 23.7 Å². The van der Waals surface area contributed by atoms with Crippen LogP contribution >= 0.6 is 11.8 Å². The van der Waals surface area contributed by atoms with Gasteiger partial charge in [0.2, 0.25) is 0 Å². The molecule has 2 aromatic carbocycles. The smallest absolute Gasteiger partial charge is 0.338 e. The number of ether oxygens (including phenoxy) is 1. The van der Waals surface area contributed by atoms with Gasteiger partial charge in [-0.05, 0) is 35.6 Å². The van der Waals surface area contributed by atoms with E-state index in [0.717, 1.165) is 5.56 Å². The topological polar surface area (TPSA) is 79.2 Å². The fraction of sp³-hybridized carbons (Fsp3) is 0.174. The van der Waals surface area contributed by atoms with Gasteiger partial charge in [0.25, 0.3) is 0 Å². The summed E-state index contributed by atoms with van der Waals surface area (Å²) in [7, 11) is 0. The van der Waals surface area contributed by atoms with Gasteiger partial charge in [-0.15, -0.1) is 0 Å². The van der Waals surface area contributed by atoms with E-state index < -0.39 is 23.8 Å². The van der Waals surface area contributed by atoms with Gasteiger partial charge in [0.1, 0.15) is 12.4 Å². The van der Waals surface area contributed by atoms with Crippen LogP contribution in [0.2, 0.25) is 0 Å². The molecule has 8 heteroatoms. The molecule has 0 amide bonds. The number of halogens is 1. The third kappa shape index (κ3) is 4.39. The Balaban J connectivity index is 1.72. The summed E-state index contributed by atoms with van der Waals surface area (Å²) in [5, 5.41) is 11.6. The minimum atomic E-state index is -1.01. The van der Waals surface area contributed by atoms with E-state index in [-0.39, 0.29) is 18.6 Å². The predicted octanol–water partition coefficient (Wildman–Crippen LogP) is 4.62. The van der Waals surface area contributed by atoms with Gasteiger partial charge < -0.3 is 14.7 Å². The standard InChI is InChI=1S/C23H19FN2O4S/c1-14-20(22(29)30-12-15-6-3-2-4-7-15)21(16-8-5-9-17(24)10-16)26-18(11-19(27)28)13-31-23(26)25-14/h2-10,13,21H,11-12H2,1H3,(H,27,28). The third-order valence-electron chi connectivity index (χ3n) is 4.93. The summed E-state index contributed by atoms with van der Waals surface area (Å²) in [4.78, 5) is 30.7. The Kier molecular flexibility index (Phi) is 5.90. The summed E-state index contributed by atoms with van der Waals surface area (Å²) in [6.45, 7) is 1.78. The molecule has 2 aromatic rings. The molecule has 0 saturated heterocycles. The quantitative estimate of drug-likeness (QED) is 0.663. The number of esters is 1. The highest BCUT2D eigenvalue weighted by Crippen LogP contribution is 2.44. The number of benzene rings is 2. The predicted molar refractivity (Wildman–Crippen MR) is 115 cm³/mol. The Bertz CT molecular complexity index is 1130. The SMILES string of the molecule is CC1=C(C(=O)OCc2ccccc2)C(c2cccc(F)c2)N2C(CC(=O)O)=CSC2=N1. The minimum absolute atomic E-state index is 0.0788. The molecule has 4 rings (SSSR count). The summed E-state index contributed by atoms with van der Waals surface area (Å²) in [6, 6.07) is 14.4. The molecule has 1 unspecified atom stereocenters. The number of rotatable bonds is 6. The van der Waals surface area contributed by atoms with Crippen molar-refractivity contribution >= 4 is 28.9 Å². The molecule has 0 bridgehead atoms. The Hall–Kier alpha value is -3.39. The van der Waals surface area contributed by atoms with Crippen LogP contribution in [0.25, 0.3) is 0 Å². The van der Waals surface area contributed by atoms with Gasteiger partial charge >= 0.3 is 11.9 Å². The number of nitrogens with zero attached hydrogens (tertiary/aromatic N) is 2. The number of thioether (sulfide) groups is 1. The van der Waals surface area contributed by atoms with Crippen LogP contribution in [0.5, 0.6) is 0 Å². The lowest BCUT2D eigenvalue weighted by atomic mass is 9.94. The van der Waals surface area contributed by atoms with Crippen molar-refractivity contribution in [3.63, 3.8) is 0 Å². The fourth-order valence-electron chi connectivity index (χ4n) is 3.58. The second kappa shape index (κ2) is 8.77. The zero-order valence-electron chi connectivity index (χ0n) is 16.6. The van der Waals surface area contributed by atoms with Gasteiger partial charge in [-0.3, -0.25) is 4.79 Å². The zero-order valence-corrected chi connectivity index (χ0v) is 17.4. The van der Waals surface area contributed by atoms with Crippen molar-refractivity contribution in [3.8, 4) is 0 Å². The van der Waals surface area contributed by atoms with E-state index in [0.29, 0.717) is 22.1 Å². The second-order valence-corrected chi connectivity index (χ2v) is 7.92. The van der Waals surface area contributed by atoms with Crippen LogP contribution in [0.15, 0.2) is 82.0 Å². The monoisotopic (exact) mass is 438 g/mol. The van der Waals surface area contributed by atoms with Crippen LogP contribution in [-0.4, -0.2) is 27.1 Å². The van der Waals surface area contributed by atoms with Gasteiger partial charge in [0.15, 0.2) is 5.17 Å². The molecule has 0 spiro atoms. The van der Waals surface area contributed by atoms with E-state index in [2.05, 4.69) is 4.99 Å². The molecule has 1 atom stereocenters. The number of carboxylic acid groups (broad SMARTS) is 1. The first-order valence-electron chi connectivity index (χ1n) is 9.56. The Morgan fingerprint density at radius 1 is 1.19 bits per heavy atom. The molecule has 2 heterocycles. The lowest BCUT2D eigenvalue weighted by molar-refractivity contribution is -0.141. The maximum atomic E-state index is 14.1. The highest BCUT2D eigenvalue weighted by molar-refractivity contribution is 8.16. The van der Waals surface area contributed by atoms with Crippen LogP contribution < -0.4 is 0 Å². The van der Waals surface area contributed by atoms with Crippen molar-refractivity contribution in [2.24, 2.45) is 4.99 Å². The van der Waals surface area contributed by atoms with E-state index in [4.69, 9.17) is 4.74 Å². The molecule has 0 aliphatic carbocycles. The summed E-state index contributed by atoms with van der Waals surface area (Å²) >= 11 is 1.28. The fourth-order valence-corrected chi connectivity index (χ4v) is 4.54. The minimum Gasteiger partial charge on any atom is -0.481 e. The van der Waals surface area contributed by atoms with Gasteiger partial charge in [-0.2, -0.15) is 0 Å². The number of aliphatic imine (C=N–C) groups is 1. The molecule has 158 valence electrons. The van der Waals surface area contributed by atoms with Crippen molar-refractivity contribution in [1.82, 2.24) is 4.90 Å². The van der Waals surface area contributed by atoms with Gasteiger partial charge in [0, 0.05) is 5.70 Å². The largest absolute Gasteiger partial charge is 0.481 e. The normalized spacial score (nSPS) is 17.7. The first kappa shape index (κ1) is 20.9. The highest BCUT2D eigenvalue weighted by Gasteiger charge is 2.41. The number of aliphatic carboxylic acids is 1. The molecule has 0 aromatic heterocycles. The number of hydrogen-bond donors (Lipinski definition) is 1.